The van der Waals surface area contributed by atoms with Gasteiger partial charge in [-0.3, -0.25) is 14.3 Å². The van der Waals surface area contributed by atoms with Crippen LogP contribution in [0.1, 0.15) is 37.5 Å². The summed E-state index contributed by atoms with van der Waals surface area (Å²) in [7, 11) is 0. The van der Waals surface area contributed by atoms with Gasteiger partial charge in [-0.2, -0.15) is 0 Å². The van der Waals surface area contributed by atoms with E-state index >= 15 is 4.39 Å². The summed E-state index contributed by atoms with van der Waals surface area (Å²) in [6.45, 7) is 5.78. The molecule has 1 unspecified atom stereocenters. The van der Waals surface area contributed by atoms with Crippen LogP contribution >= 0.6 is 11.3 Å². The second-order valence-electron chi connectivity index (χ2n) is 9.00. The van der Waals surface area contributed by atoms with Gasteiger partial charge < -0.3 is 10.0 Å². The van der Waals surface area contributed by atoms with Crippen molar-refractivity contribution in [2.75, 3.05) is 31.1 Å². The number of hydrogen-bond donors (Lipinski definition) is 1. The minimum absolute atomic E-state index is 0.189. The fourth-order valence-electron chi connectivity index (χ4n) is 4.89. The Kier molecular flexibility index (Phi) is 6.01. The topological polar surface area (TPSA) is 61.6 Å². The number of hydrogen-bond acceptors (Lipinski definition) is 6. The minimum atomic E-state index is -0.382. The van der Waals surface area contributed by atoms with Gasteiger partial charge in [-0.15, -0.1) is 11.3 Å². The molecule has 0 saturated carbocycles. The van der Waals surface area contributed by atoms with Crippen LogP contribution in [0.25, 0.3) is 15.9 Å². The largest absolute Gasteiger partial charge is 0.393 e. The molecule has 3 aromatic rings. The molecular formula is C24H29FN4O2S. The Morgan fingerprint density at radius 3 is 2.81 bits per heavy atom. The number of halogens is 1. The van der Waals surface area contributed by atoms with E-state index in [1.807, 2.05) is 6.07 Å². The number of aromatic nitrogens is 2. The quantitative estimate of drug-likeness (QED) is 0.615. The Balaban J connectivity index is 1.37. The molecule has 2 fully saturated rings. The van der Waals surface area contributed by atoms with Crippen LogP contribution in [0, 0.1) is 5.82 Å². The highest BCUT2D eigenvalue weighted by Gasteiger charge is 2.30. The first-order chi connectivity index (χ1) is 15.5. The van der Waals surface area contributed by atoms with Crippen molar-refractivity contribution in [1.82, 2.24) is 14.5 Å². The summed E-state index contributed by atoms with van der Waals surface area (Å²) in [6, 6.07) is 7.44. The van der Waals surface area contributed by atoms with E-state index in [-0.39, 0.29) is 17.5 Å². The summed E-state index contributed by atoms with van der Waals surface area (Å²) in [4.78, 5) is 23.2. The predicted molar refractivity (Wildman–Crippen MR) is 127 cm³/mol. The van der Waals surface area contributed by atoms with Gasteiger partial charge in [0.25, 0.3) is 5.56 Å². The van der Waals surface area contributed by atoms with Crippen molar-refractivity contribution in [3.63, 3.8) is 0 Å². The summed E-state index contributed by atoms with van der Waals surface area (Å²) in [5.41, 5.74) is 1.55. The maximum atomic E-state index is 15.1. The van der Waals surface area contributed by atoms with Crippen LogP contribution in [-0.4, -0.2) is 57.9 Å². The number of aliphatic hydroxyl groups is 1. The highest BCUT2D eigenvalue weighted by molar-refractivity contribution is 7.18. The smallest absolute Gasteiger partial charge is 0.275 e. The molecule has 1 aromatic carbocycles. The number of benzene rings is 1. The molecule has 8 heteroatoms. The van der Waals surface area contributed by atoms with Gasteiger partial charge in [-0.1, -0.05) is 0 Å². The number of aryl methyl sites for hydroxylation is 1. The van der Waals surface area contributed by atoms with Gasteiger partial charge >= 0.3 is 0 Å². The zero-order valence-corrected chi connectivity index (χ0v) is 19.2. The summed E-state index contributed by atoms with van der Waals surface area (Å²) in [5.74, 6) is -0.305. The van der Waals surface area contributed by atoms with Crippen LogP contribution in [-0.2, 0) is 6.42 Å². The molecule has 5 rings (SSSR count). The van der Waals surface area contributed by atoms with Gasteiger partial charge in [0.2, 0.25) is 0 Å². The molecule has 0 aliphatic carbocycles. The number of likely N-dealkylation sites (tertiary alicyclic amines) is 1. The van der Waals surface area contributed by atoms with Crippen molar-refractivity contribution in [2.45, 2.75) is 51.2 Å². The lowest BCUT2D eigenvalue weighted by Crippen LogP contribution is -2.35. The van der Waals surface area contributed by atoms with Crippen molar-refractivity contribution < 1.29 is 9.50 Å². The zero-order valence-electron chi connectivity index (χ0n) is 18.3. The highest BCUT2D eigenvalue weighted by Crippen LogP contribution is 2.29. The SMILES string of the molecule is CC(O)CCc1cc2ncn(-c3ccc(N4CC[C@@H](N5CCCC5)C4)c(F)c3)c(=O)c2s1. The fourth-order valence-corrected chi connectivity index (χ4v) is 5.94. The molecule has 0 radical (unpaired) electrons. The van der Waals surface area contributed by atoms with Crippen LogP contribution in [0.4, 0.5) is 10.1 Å². The Labute approximate surface area is 190 Å². The van der Waals surface area contributed by atoms with Crippen LogP contribution in [0.2, 0.25) is 0 Å². The third-order valence-electron chi connectivity index (χ3n) is 6.67. The third kappa shape index (κ3) is 4.19. The van der Waals surface area contributed by atoms with E-state index in [4.69, 9.17) is 0 Å². The molecule has 170 valence electrons. The molecule has 32 heavy (non-hydrogen) atoms. The molecular weight excluding hydrogens is 427 g/mol. The number of anilines is 1. The second kappa shape index (κ2) is 8.92. The second-order valence-corrected chi connectivity index (χ2v) is 10.1. The molecule has 1 N–H and O–H groups in total. The molecule has 2 aliphatic rings. The van der Waals surface area contributed by atoms with Crippen LogP contribution in [0.3, 0.4) is 0 Å². The lowest BCUT2D eigenvalue weighted by molar-refractivity contribution is 0.185. The molecule has 0 spiro atoms. The Hall–Kier alpha value is -2.29. The van der Waals surface area contributed by atoms with Crippen molar-refractivity contribution >= 4 is 27.2 Å². The van der Waals surface area contributed by atoms with E-state index in [9.17, 15) is 9.90 Å². The van der Waals surface area contributed by atoms with Crippen molar-refractivity contribution in [1.29, 1.82) is 0 Å². The Bertz CT molecular complexity index is 1170. The zero-order chi connectivity index (χ0) is 22.2. The molecule has 2 aromatic heterocycles. The molecule has 2 saturated heterocycles. The summed E-state index contributed by atoms with van der Waals surface area (Å²) in [6.07, 6.45) is 6.03. The van der Waals surface area contributed by atoms with Crippen molar-refractivity contribution in [3.8, 4) is 5.69 Å². The maximum absolute atomic E-state index is 15.1. The lowest BCUT2D eigenvalue weighted by atomic mass is 10.2. The molecule has 0 amide bonds. The van der Waals surface area contributed by atoms with Gasteiger partial charge in [-0.05, 0) is 70.3 Å². The summed E-state index contributed by atoms with van der Waals surface area (Å²) < 4.78 is 17.1. The molecule has 2 atom stereocenters. The van der Waals surface area contributed by atoms with Gasteiger partial charge in [0.05, 0.1) is 23.0 Å². The van der Waals surface area contributed by atoms with Crippen molar-refractivity contribution in [2.24, 2.45) is 0 Å². The van der Waals surface area contributed by atoms with Crippen LogP contribution in [0.5, 0.6) is 0 Å². The summed E-state index contributed by atoms with van der Waals surface area (Å²) >= 11 is 1.40. The number of fused-ring (bicyclic) bond motifs is 1. The van der Waals surface area contributed by atoms with E-state index in [1.165, 1.54) is 41.1 Å². The number of rotatable bonds is 6. The number of aliphatic hydroxyl groups excluding tert-OH is 1. The normalized spacial score (nSPS) is 20.5. The standard InChI is InChI=1S/C24H29FN4O2S/c1-16(30)4-6-19-13-21-23(32-19)24(31)29(15-26-21)17-5-7-22(20(25)12-17)28-11-8-18(14-28)27-9-2-3-10-27/h5,7,12-13,15-16,18,30H,2-4,6,8-11,14H2,1H3/t16?,18-/m1/s1. The summed E-state index contributed by atoms with van der Waals surface area (Å²) in [5, 5.41) is 9.51. The first-order valence-electron chi connectivity index (χ1n) is 11.5. The highest BCUT2D eigenvalue weighted by atomic mass is 32.1. The first-order valence-corrected chi connectivity index (χ1v) is 12.3. The van der Waals surface area contributed by atoms with E-state index < -0.39 is 0 Å². The van der Waals surface area contributed by atoms with Gasteiger partial charge in [-0.25, -0.2) is 9.37 Å². The minimum Gasteiger partial charge on any atom is -0.393 e. The monoisotopic (exact) mass is 456 g/mol. The molecule has 2 aliphatic heterocycles. The average molecular weight is 457 g/mol. The molecule has 4 heterocycles. The van der Waals surface area contributed by atoms with E-state index in [0.29, 0.717) is 40.5 Å². The fraction of sp³-hybridized carbons (Fsp3) is 0.500. The van der Waals surface area contributed by atoms with E-state index in [2.05, 4.69) is 14.8 Å². The molecule has 6 nitrogen and oxygen atoms in total. The van der Waals surface area contributed by atoms with Gasteiger partial charge in [0.1, 0.15) is 16.8 Å². The van der Waals surface area contributed by atoms with Gasteiger partial charge in [0.15, 0.2) is 0 Å². The Morgan fingerprint density at radius 1 is 1.25 bits per heavy atom. The lowest BCUT2D eigenvalue weighted by Gasteiger charge is -2.24. The average Bonchev–Trinajstić information content (AvgIpc) is 3.52. The van der Waals surface area contributed by atoms with Gasteiger partial charge in [0, 0.05) is 30.1 Å². The molecule has 0 bridgehead atoms. The van der Waals surface area contributed by atoms with E-state index in [0.717, 1.165) is 37.5 Å². The van der Waals surface area contributed by atoms with E-state index in [1.54, 1.807) is 19.1 Å². The predicted octanol–water partition coefficient (Wildman–Crippen LogP) is 3.57. The van der Waals surface area contributed by atoms with Crippen LogP contribution in [0.15, 0.2) is 35.4 Å². The third-order valence-corrected chi connectivity index (χ3v) is 7.84. The number of thiophene rings is 1. The Morgan fingerprint density at radius 2 is 2.06 bits per heavy atom. The van der Waals surface area contributed by atoms with Crippen molar-refractivity contribution in [3.05, 3.63) is 51.6 Å². The first kappa shape index (κ1) is 21.6. The maximum Gasteiger partial charge on any atom is 0.275 e. The van der Waals surface area contributed by atoms with Crippen LogP contribution < -0.4 is 10.5 Å². The number of nitrogens with zero attached hydrogens (tertiary/aromatic N) is 4.